The number of hydrogen-bond donors (Lipinski definition) is 2. The Hall–Kier alpha value is -2.85. The van der Waals surface area contributed by atoms with Crippen molar-refractivity contribution < 1.29 is 28.2 Å². The second kappa shape index (κ2) is 10.1. The summed E-state index contributed by atoms with van der Waals surface area (Å²) in [6, 6.07) is 5.10. The quantitative estimate of drug-likeness (QED) is 0.525. The van der Waals surface area contributed by atoms with Crippen LogP contribution in [-0.4, -0.2) is 36.2 Å². The van der Waals surface area contributed by atoms with Crippen LogP contribution in [0.3, 0.4) is 0 Å². The SMILES string of the molecule is CCOC(=O)c1sc(NC(=S)NC(=O)c2cccc(F)c2)c(C(=O)OCC)c1C. The van der Waals surface area contributed by atoms with Gasteiger partial charge in [-0.15, -0.1) is 11.3 Å². The highest BCUT2D eigenvalue weighted by Gasteiger charge is 2.27. The van der Waals surface area contributed by atoms with Gasteiger partial charge in [0.1, 0.15) is 15.7 Å². The Morgan fingerprint density at radius 2 is 1.79 bits per heavy atom. The number of thiocarbonyl (C=S) groups is 1. The molecule has 2 aromatic rings. The molecule has 1 aromatic carbocycles. The maximum absolute atomic E-state index is 13.3. The topological polar surface area (TPSA) is 93.7 Å². The van der Waals surface area contributed by atoms with Crippen molar-refractivity contribution in [3.63, 3.8) is 0 Å². The lowest BCUT2D eigenvalue weighted by molar-refractivity contribution is 0.0527. The summed E-state index contributed by atoms with van der Waals surface area (Å²) >= 11 is 6.08. The van der Waals surface area contributed by atoms with Crippen LogP contribution in [0.15, 0.2) is 24.3 Å². The molecule has 10 heteroatoms. The van der Waals surface area contributed by atoms with E-state index in [1.807, 2.05) is 0 Å². The molecule has 0 spiro atoms. The zero-order chi connectivity index (χ0) is 21.6. The van der Waals surface area contributed by atoms with Gasteiger partial charge in [-0.3, -0.25) is 10.1 Å². The summed E-state index contributed by atoms with van der Waals surface area (Å²) in [5.74, 6) is -2.41. The number of carbonyl (C=O) groups excluding carboxylic acids is 3. The first kappa shape index (κ1) is 22.4. The number of rotatable bonds is 6. The first-order valence-electron chi connectivity index (χ1n) is 8.63. The molecule has 1 heterocycles. The first-order valence-corrected chi connectivity index (χ1v) is 9.86. The van der Waals surface area contributed by atoms with Crippen molar-refractivity contribution >= 4 is 51.5 Å². The molecule has 1 aromatic heterocycles. The van der Waals surface area contributed by atoms with E-state index in [0.717, 1.165) is 17.4 Å². The number of benzene rings is 1. The summed E-state index contributed by atoms with van der Waals surface area (Å²) in [5, 5.41) is 5.25. The van der Waals surface area contributed by atoms with Gasteiger partial charge in [-0.05, 0) is 56.8 Å². The van der Waals surface area contributed by atoms with Gasteiger partial charge in [0.2, 0.25) is 0 Å². The van der Waals surface area contributed by atoms with Crippen molar-refractivity contribution in [1.82, 2.24) is 5.32 Å². The molecule has 0 bridgehead atoms. The number of anilines is 1. The van der Waals surface area contributed by atoms with Gasteiger partial charge in [-0.2, -0.15) is 0 Å². The normalized spacial score (nSPS) is 10.2. The van der Waals surface area contributed by atoms with E-state index in [2.05, 4.69) is 10.6 Å². The zero-order valence-electron chi connectivity index (χ0n) is 16.0. The van der Waals surface area contributed by atoms with E-state index in [9.17, 15) is 18.8 Å². The van der Waals surface area contributed by atoms with E-state index in [4.69, 9.17) is 21.7 Å². The summed E-state index contributed by atoms with van der Waals surface area (Å²) in [6.45, 7) is 5.24. The van der Waals surface area contributed by atoms with E-state index in [1.165, 1.54) is 18.2 Å². The fraction of sp³-hybridized carbons (Fsp3) is 0.263. The molecule has 7 nitrogen and oxygen atoms in total. The summed E-state index contributed by atoms with van der Waals surface area (Å²) in [6.07, 6.45) is 0. The molecule has 0 saturated heterocycles. The minimum Gasteiger partial charge on any atom is -0.462 e. The van der Waals surface area contributed by atoms with Crippen LogP contribution >= 0.6 is 23.6 Å². The van der Waals surface area contributed by atoms with Crippen molar-refractivity contribution in [2.75, 3.05) is 18.5 Å². The fourth-order valence-electron chi connectivity index (χ4n) is 2.38. The van der Waals surface area contributed by atoms with Crippen LogP contribution in [0.5, 0.6) is 0 Å². The summed E-state index contributed by atoms with van der Waals surface area (Å²) in [7, 11) is 0. The fourth-order valence-corrected chi connectivity index (χ4v) is 3.73. The van der Waals surface area contributed by atoms with Gasteiger partial charge in [0.05, 0.1) is 18.8 Å². The molecule has 0 fully saturated rings. The van der Waals surface area contributed by atoms with Crippen LogP contribution in [-0.2, 0) is 9.47 Å². The second-order valence-electron chi connectivity index (χ2n) is 5.62. The predicted octanol–water partition coefficient (Wildman–Crippen LogP) is 3.68. The molecule has 0 aliphatic rings. The standard InChI is InChI=1S/C19H19FN2O5S2/c1-4-26-17(24)13-10(3)14(18(25)27-5-2)29-16(13)22-19(28)21-15(23)11-7-6-8-12(20)9-11/h6-9H,4-5H2,1-3H3,(H2,21,22,23,28). The number of hydrogen-bond acceptors (Lipinski definition) is 7. The Kier molecular flexibility index (Phi) is 7.80. The molecule has 2 rings (SSSR count). The van der Waals surface area contributed by atoms with Crippen LogP contribution in [0.4, 0.5) is 9.39 Å². The van der Waals surface area contributed by atoms with E-state index in [-0.39, 0.29) is 39.3 Å². The van der Waals surface area contributed by atoms with Crippen molar-refractivity contribution in [3.05, 3.63) is 51.7 Å². The number of carbonyl (C=O) groups is 3. The Morgan fingerprint density at radius 1 is 1.14 bits per heavy atom. The van der Waals surface area contributed by atoms with Crippen molar-refractivity contribution in [1.29, 1.82) is 0 Å². The van der Waals surface area contributed by atoms with Crippen LogP contribution in [0, 0.1) is 12.7 Å². The van der Waals surface area contributed by atoms with Crippen LogP contribution in [0.25, 0.3) is 0 Å². The van der Waals surface area contributed by atoms with Gasteiger partial charge in [0.25, 0.3) is 5.91 Å². The van der Waals surface area contributed by atoms with Gasteiger partial charge >= 0.3 is 11.9 Å². The lowest BCUT2D eigenvalue weighted by atomic mass is 10.1. The molecule has 2 N–H and O–H groups in total. The second-order valence-corrected chi connectivity index (χ2v) is 7.05. The van der Waals surface area contributed by atoms with E-state index < -0.39 is 23.7 Å². The third kappa shape index (κ3) is 5.58. The molecule has 0 unspecified atom stereocenters. The highest BCUT2D eigenvalue weighted by Crippen LogP contribution is 2.34. The van der Waals surface area contributed by atoms with E-state index >= 15 is 0 Å². The Labute approximate surface area is 176 Å². The lowest BCUT2D eigenvalue weighted by Crippen LogP contribution is -2.34. The average molecular weight is 439 g/mol. The van der Waals surface area contributed by atoms with E-state index in [1.54, 1.807) is 20.8 Å². The minimum absolute atomic E-state index is 0.0781. The van der Waals surface area contributed by atoms with Gasteiger partial charge in [0, 0.05) is 5.56 Å². The summed E-state index contributed by atoms with van der Waals surface area (Å²) in [4.78, 5) is 37.0. The Morgan fingerprint density at radius 3 is 2.41 bits per heavy atom. The molecular weight excluding hydrogens is 419 g/mol. The third-order valence-corrected chi connectivity index (χ3v) is 5.02. The monoisotopic (exact) mass is 438 g/mol. The lowest BCUT2D eigenvalue weighted by Gasteiger charge is -2.10. The van der Waals surface area contributed by atoms with E-state index in [0.29, 0.717) is 5.56 Å². The van der Waals surface area contributed by atoms with Crippen molar-refractivity contribution in [3.8, 4) is 0 Å². The largest absolute Gasteiger partial charge is 0.462 e. The number of ether oxygens (including phenoxy) is 2. The van der Waals surface area contributed by atoms with Crippen LogP contribution < -0.4 is 10.6 Å². The molecule has 0 radical (unpaired) electrons. The molecular formula is C19H19FN2O5S2. The van der Waals surface area contributed by atoms with Crippen LogP contribution in [0.2, 0.25) is 0 Å². The molecule has 0 atom stereocenters. The number of amides is 1. The number of thiophene rings is 1. The van der Waals surface area contributed by atoms with Crippen molar-refractivity contribution in [2.45, 2.75) is 20.8 Å². The Bertz CT molecular complexity index is 958. The molecule has 1 amide bonds. The molecule has 154 valence electrons. The highest BCUT2D eigenvalue weighted by atomic mass is 32.1. The molecule has 0 saturated carbocycles. The number of nitrogens with one attached hydrogen (secondary N) is 2. The maximum atomic E-state index is 13.3. The van der Waals surface area contributed by atoms with Gasteiger partial charge in [0.15, 0.2) is 5.11 Å². The third-order valence-electron chi connectivity index (χ3n) is 3.63. The Balaban J connectivity index is 2.26. The zero-order valence-corrected chi connectivity index (χ0v) is 17.6. The summed E-state index contributed by atoms with van der Waals surface area (Å²) in [5.41, 5.74) is 0.588. The van der Waals surface area contributed by atoms with Crippen molar-refractivity contribution in [2.24, 2.45) is 0 Å². The van der Waals surface area contributed by atoms with Crippen LogP contribution in [0.1, 0.15) is 49.8 Å². The maximum Gasteiger partial charge on any atom is 0.348 e. The minimum atomic E-state index is -0.640. The highest BCUT2D eigenvalue weighted by molar-refractivity contribution is 7.80. The molecule has 0 aliphatic carbocycles. The van der Waals surface area contributed by atoms with Gasteiger partial charge in [-0.1, -0.05) is 6.07 Å². The average Bonchev–Trinajstić information content (AvgIpc) is 2.98. The number of halogens is 1. The smallest absolute Gasteiger partial charge is 0.348 e. The summed E-state index contributed by atoms with van der Waals surface area (Å²) < 4.78 is 23.3. The predicted molar refractivity (Wildman–Crippen MR) is 111 cm³/mol. The molecule has 29 heavy (non-hydrogen) atoms. The first-order chi connectivity index (χ1) is 13.8. The van der Waals surface area contributed by atoms with Gasteiger partial charge < -0.3 is 14.8 Å². The molecule has 0 aliphatic heterocycles. The number of esters is 2. The van der Waals surface area contributed by atoms with Gasteiger partial charge in [-0.25, -0.2) is 14.0 Å².